The molecule has 96 valence electrons. The molecule has 9 heteroatoms. The zero-order valence-corrected chi connectivity index (χ0v) is 10.7. The van der Waals surface area contributed by atoms with Crippen molar-refractivity contribution in [3.05, 3.63) is 11.1 Å². The summed E-state index contributed by atoms with van der Waals surface area (Å²) in [6, 6.07) is 0. The van der Waals surface area contributed by atoms with E-state index in [9.17, 15) is 21.6 Å². The Morgan fingerprint density at radius 3 is 2.35 bits per heavy atom. The molecule has 0 aromatic heterocycles. The molecule has 0 fully saturated rings. The molecule has 0 aromatic rings. The van der Waals surface area contributed by atoms with E-state index in [1.165, 1.54) is 13.8 Å². The van der Waals surface area contributed by atoms with Gasteiger partial charge in [0.05, 0.1) is 15.9 Å². The van der Waals surface area contributed by atoms with E-state index in [0.717, 1.165) is 6.20 Å². The lowest BCUT2D eigenvalue weighted by molar-refractivity contribution is -0.129. The number of aliphatic imine (C=N–C) groups is 1. The van der Waals surface area contributed by atoms with Crippen LogP contribution >= 0.6 is 0 Å². The average Bonchev–Trinajstić information content (AvgIpc) is 2.41. The van der Waals surface area contributed by atoms with Crippen LogP contribution in [0.15, 0.2) is 16.1 Å². The minimum Gasteiger partial charge on any atom is -0.476 e. The van der Waals surface area contributed by atoms with E-state index in [0.29, 0.717) is 0 Å². The Balaban J connectivity index is 3.07. The van der Waals surface area contributed by atoms with E-state index >= 15 is 0 Å². The predicted molar refractivity (Wildman–Crippen MR) is 61.0 cm³/mol. The summed E-state index contributed by atoms with van der Waals surface area (Å²) in [6.45, 7) is 2.83. The molecule has 1 N–H and O–H groups in total. The Labute approximate surface area is 98.7 Å². The molecule has 0 amide bonds. The van der Waals surface area contributed by atoms with E-state index < -0.39 is 46.6 Å². The van der Waals surface area contributed by atoms with Gasteiger partial charge in [-0.3, -0.25) is 0 Å². The third kappa shape index (κ3) is 2.55. The largest absolute Gasteiger partial charge is 0.476 e. The molecule has 0 bridgehead atoms. The van der Waals surface area contributed by atoms with Gasteiger partial charge in [0.25, 0.3) is 0 Å². The molecule has 1 aliphatic rings. The molecule has 0 saturated carbocycles. The zero-order chi connectivity index (χ0) is 13.4. The number of hydrogen-bond acceptors (Lipinski definition) is 6. The number of nitrogens with zero attached hydrogens (tertiary/aromatic N) is 1. The summed E-state index contributed by atoms with van der Waals surface area (Å²) in [5.41, 5.74) is 0. The minimum atomic E-state index is -4.26. The second-order valence-corrected chi connectivity index (χ2v) is 8.17. The Morgan fingerprint density at radius 2 is 2.00 bits per heavy atom. The number of aliphatic carboxylic acids is 1. The third-order valence-corrected chi connectivity index (χ3v) is 6.23. The molecule has 1 aliphatic heterocycles. The van der Waals surface area contributed by atoms with Crippen molar-refractivity contribution >= 4 is 30.7 Å². The van der Waals surface area contributed by atoms with Crippen molar-refractivity contribution in [1.29, 1.82) is 0 Å². The molecular formula is C8H11NO6S2. The lowest BCUT2D eigenvalue weighted by Crippen LogP contribution is -2.27. The highest BCUT2D eigenvalue weighted by molar-refractivity contribution is 8.12. The van der Waals surface area contributed by atoms with Gasteiger partial charge in [-0.2, -0.15) is 0 Å². The first-order chi connectivity index (χ1) is 7.59. The van der Waals surface area contributed by atoms with E-state index in [1.54, 1.807) is 0 Å². The number of sulfone groups is 2. The second-order valence-electron chi connectivity index (χ2n) is 3.69. The van der Waals surface area contributed by atoms with Crippen LogP contribution in [0.25, 0.3) is 0 Å². The van der Waals surface area contributed by atoms with Gasteiger partial charge in [0, 0.05) is 6.20 Å². The standard InChI is InChI=1S/C8H11NO6S2/c1-5(2)16(12,13)4-6-3-9-7(8(10)11)17(6,14)15/h3,5H,4H2,1-2H3,(H,10,11). The fraction of sp³-hybridized carbons (Fsp3) is 0.500. The van der Waals surface area contributed by atoms with Crippen LogP contribution in [-0.2, 0) is 24.5 Å². The molecule has 0 radical (unpaired) electrons. The van der Waals surface area contributed by atoms with Gasteiger partial charge in [0.1, 0.15) is 0 Å². The molecule has 7 nitrogen and oxygen atoms in total. The normalized spacial score (nSPS) is 19.0. The lowest BCUT2D eigenvalue weighted by atomic mass is 10.6. The highest BCUT2D eigenvalue weighted by Gasteiger charge is 2.37. The van der Waals surface area contributed by atoms with Crippen LogP contribution in [0, 0.1) is 0 Å². The monoisotopic (exact) mass is 281 g/mol. The van der Waals surface area contributed by atoms with E-state index in [4.69, 9.17) is 5.11 Å². The smallest absolute Gasteiger partial charge is 0.366 e. The molecule has 0 aromatic carbocycles. The highest BCUT2D eigenvalue weighted by Crippen LogP contribution is 2.20. The third-order valence-electron chi connectivity index (χ3n) is 2.17. The van der Waals surface area contributed by atoms with Crippen LogP contribution in [0.5, 0.6) is 0 Å². The molecule has 0 saturated heterocycles. The molecule has 1 rings (SSSR count). The van der Waals surface area contributed by atoms with E-state index in [1.807, 2.05) is 0 Å². The van der Waals surface area contributed by atoms with Crippen molar-refractivity contribution in [2.45, 2.75) is 19.1 Å². The average molecular weight is 281 g/mol. The Morgan fingerprint density at radius 1 is 1.47 bits per heavy atom. The van der Waals surface area contributed by atoms with Crippen molar-refractivity contribution in [2.75, 3.05) is 5.75 Å². The number of carboxylic acids is 1. The minimum absolute atomic E-state index is 0.497. The van der Waals surface area contributed by atoms with Gasteiger partial charge in [-0.1, -0.05) is 0 Å². The Bertz CT molecular complexity index is 608. The van der Waals surface area contributed by atoms with Crippen LogP contribution < -0.4 is 0 Å². The number of rotatable bonds is 4. The number of hydrogen-bond donors (Lipinski definition) is 1. The Kier molecular flexibility index (Phi) is 3.44. The summed E-state index contributed by atoms with van der Waals surface area (Å²) in [5, 5.41) is 6.80. The van der Waals surface area contributed by atoms with Gasteiger partial charge in [-0.15, -0.1) is 0 Å². The van der Waals surface area contributed by atoms with Gasteiger partial charge >= 0.3 is 5.97 Å². The molecule has 1 heterocycles. The van der Waals surface area contributed by atoms with Gasteiger partial charge in [0.15, 0.2) is 9.84 Å². The fourth-order valence-electron chi connectivity index (χ4n) is 1.04. The quantitative estimate of drug-likeness (QED) is 0.746. The summed E-state index contributed by atoms with van der Waals surface area (Å²) in [6.07, 6.45) is 0.777. The summed E-state index contributed by atoms with van der Waals surface area (Å²) in [5.74, 6) is -2.43. The lowest BCUT2D eigenvalue weighted by Gasteiger charge is -2.07. The maximum absolute atomic E-state index is 11.6. The molecule has 0 unspecified atom stereocenters. The summed E-state index contributed by atoms with van der Waals surface area (Å²) in [4.78, 5) is 13.3. The van der Waals surface area contributed by atoms with Crippen molar-refractivity contribution in [2.24, 2.45) is 4.99 Å². The van der Waals surface area contributed by atoms with Crippen molar-refractivity contribution < 1.29 is 26.7 Å². The topological polar surface area (TPSA) is 118 Å². The molecule has 0 aliphatic carbocycles. The zero-order valence-electron chi connectivity index (χ0n) is 9.11. The van der Waals surface area contributed by atoms with Crippen LogP contribution in [-0.4, -0.2) is 44.0 Å². The summed E-state index contributed by atoms with van der Waals surface area (Å²) >= 11 is 0. The van der Waals surface area contributed by atoms with Gasteiger partial charge in [0.2, 0.25) is 14.9 Å². The second kappa shape index (κ2) is 4.22. The molecule has 0 spiro atoms. The molecule has 0 atom stereocenters. The van der Waals surface area contributed by atoms with Crippen molar-refractivity contribution in [3.8, 4) is 0 Å². The van der Waals surface area contributed by atoms with E-state index in [-0.39, 0.29) is 0 Å². The maximum Gasteiger partial charge on any atom is 0.366 e. The van der Waals surface area contributed by atoms with Gasteiger partial charge in [-0.05, 0) is 13.8 Å². The van der Waals surface area contributed by atoms with Gasteiger partial charge < -0.3 is 5.11 Å². The SMILES string of the molecule is CC(C)S(=O)(=O)CC1=CN=C(C(=O)O)S1(=O)=O. The van der Waals surface area contributed by atoms with Crippen LogP contribution in [0.1, 0.15) is 13.8 Å². The summed E-state index contributed by atoms with van der Waals surface area (Å²) in [7, 11) is -7.88. The maximum atomic E-state index is 11.6. The van der Waals surface area contributed by atoms with Crippen LogP contribution in [0.4, 0.5) is 0 Å². The predicted octanol–water partition coefficient (Wildman–Crippen LogP) is -0.438. The van der Waals surface area contributed by atoms with Crippen molar-refractivity contribution in [1.82, 2.24) is 0 Å². The van der Waals surface area contributed by atoms with E-state index in [2.05, 4.69) is 4.99 Å². The van der Waals surface area contributed by atoms with Crippen LogP contribution in [0.2, 0.25) is 0 Å². The van der Waals surface area contributed by atoms with Crippen LogP contribution in [0.3, 0.4) is 0 Å². The first-order valence-corrected chi connectivity index (χ1v) is 7.75. The number of carboxylic acid groups (broad SMARTS) is 1. The highest BCUT2D eigenvalue weighted by atomic mass is 32.2. The van der Waals surface area contributed by atoms with Crippen molar-refractivity contribution in [3.63, 3.8) is 0 Å². The number of carbonyl (C=O) groups is 1. The molecular weight excluding hydrogens is 270 g/mol. The Hall–Kier alpha value is -1.22. The first kappa shape index (κ1) is 13.8. The summed E-state index contributed by atoms with van der Waals surface area (Å²) < 4.78 is 46.3. The fourth-order valence-corrected chi connectivity index (χ4v) is 3.82. The first-order valence-electron chi connectivity index (χ1n) is 4.56. The van der Waals surface area contributed by atoms with Gasteiger partial charge in [-0.25, -0.2) is 26.6 Å². The molecule has 17 heavy (non-hydrogen) atoms.